The third kappa shape index (κ3) is 2.86. The van der Waals surface area contributed by atoms with Gasteiger partial charge in [0.05, 0.1) is 16.6 Å². The van der Waals surface area contributed by atoms with Crippen molar-refractivity contribution in [1.29, 1.82) is 0 Å². The molecule has 1 saturated heterocycles. The third-order valence-corrected chi connectivity index (χ3v) is 4.71. The molecule has 4 heterocycles. The van der Waals surface area contributed by atoms with Crippen LogP contribution in [0, 0.1) is 13.8 Å². The Labute approximate surface area is 145 Å². The van der Waals surface area contributed by atoms with Crippen molar-refractivity contribution in [2.45, 2.75) is 32.6 Å². The molecule has 7 nitrogen and oxygen atoms in total. The summed E-state index contributed by atoms with van der Waals surface area (Å²) in [6.07, 6.45) is 5.29. The van der Waals surface area contributed by atoms with Gasteiger partial charge in [0.1, 0.15) is 6.33 Å². The monoisotopic (exact) mass is 337 g/mol. The second kappa shape index (κ2) is 6.23. The van der Waals surface area contributed by atoms with Gasteiger partial charge in [0.25, 0.3) is 11.6 Å². The fraction of sp³-hybridized carbons (Fsp3) is 0.389. The second-order valence-electron chi connectivity index (χ2n) is 6.48. The zero-order valence-corrected chi connectivity index (χ0v) is 14.3. The van der Waals surface area contributed by atoms with E-state index in [1.165, 1.54) is 0 Å². The number of amides is 1. The van der Waals surface area contributed by atoms with Gasteiger partial charge in [-0.15, -0.1) is 0 Å². The number of likely N-dealkylation sites (tertiary alicyclic amines) is 1. The molecule has 3 aromatic heterocycles. The van der Waals surface area contributed by atoms with Crippen LogP contribution in [0.5, 0.6) is 0 Å². The summed E-state index contributed by atoms with van der Waals surface area (Å²) in [4.78, 5) is 27.7. The molecule has 0 spiro atoms. The summed E-state index contributed by atoms with van der Waals surface area (Å²) in [5, 5.41) is 4.67. The summed E-state index contributed by atoms with van der Waals surface area (Å²) >= 11 is 0. The topological polar surface area (TPSA) is 85.0 Å². The first-order chi connectivity index (χ1) is 12.1. The maximum atomic E-state index is 13.2. The quantitative estimate of drug-likeness (QED) is 0.715. The number of carbonyl (C=O) groups excluding carboxylic acids is 1. The number of aryl methyl sites for hydroxylation is 2. The van der Waals surface area contributed by atoms with Gasteiger partial charge in [0.15, 0.2) is 0 Å². The van der Waals surface area contributed by atoms with E-state index < -0.39 is 0 Å². The average Bonchev–Trinajstić information content (AvgIpc) is 3.02. The van der Waals surface area contributed by atoms with E-state index in [9.17, 15) is 4.79 Å². The molecule has 25 heavy (non-hydrogen) atoms. The Bertz CT molecular complexity index is 922. The Morgan fingerprint density at radius 2 is 2.24 bits per heavy atom. The molecule has 1 amide bonds. The molecule has 0 radical (unpaired) electrons. The minimum Gasteiger partial charge on any atom is -0.338 e. The van der Waals surface area contributed by atoms with Crippen LogP contribution in [0.4, 0.5) is 0 Å². The Kier molecular flexibility index (Phi) is 3.91. The molecular formula is C18H19N5O2. The number of fused-ring (bicyclic) bond motifs is 1. The minimum absolute atomic E-state index is 0.000515. The molecule has 0 bridgehead atoms. The summed E-state index contributed by atoms with van der Waals surface area (Å²) < 4.78 is 5.25. The van der Waals surface area contributed by atoms with Gasteiger partial charge < -0.3 is 9.42 Å². The Balaban J connectivity index is 1.66. The van der Waals surface area contributed by atoms with Crippen molar-refractivity contribution in [2.75, 3.05) is 13.1 Å². The van der Waals surface area contributed by atoms with E-state index in [1.54, 1.807) is 12.5 Å². The Morgan fingerprint density at radius 1 is 1.36 bits per heavy atom. The van der Waals surface area contributed by atoms with Gasteiger partial charge in [-0.1, -0.05) is 5.16 Å². The Morgan fingerprint density at radius 3 is 3.04 bits per heavy atom. The lowest BCUT2D eigenvalue weighted by Crippen LogP contribution is -2.39. The van der Waals surface area contributed by atoms with Gasteiger partial charge in [0, 0.05) is 36.6 Å². The van der Waals surface area contributed by atoms with Gasteiger partial charge in [-0.2, -0.15) is 0 Å². The van der Waals surface area contributed by atoms with Gasteiger partial charge in [0.2, 0.25) is 0 Å². The molecule has 1 fully saturated rings. The summed E-state index contributed by atoms with van der Waals surface area (Å²) in [7, 11) is 0. The fourth-order valence-electron chi connectivity index (χ4n) is 3.50. The molecule has 0 aromatic carbocycles. The second-order valence-corrected chi connectivity index (χ2v) is 6.48. The maximum Gasteiger partial charge on any atom is 0.258 e. The first kappa shape index (κ1) is 15.7. The molecule has 1 aliphatic rings. The number of hydrogen-bond acceptors (Lipinski definition) is 6. The van der Waals surface area contributed by atoms with Crippen LogP contribution in [0.25, 0.3) is 11.1 Å². The summed E-state index contributed by atoms with van der Waals surface area (Å²) in [5.74, 6) is 0.239. The highest BCUT2D eigenvalue weighted by atomic mass is 16.5. The summed E-state index contributed by atoms with van der Waals surface area (Å²) in [6.45, 7) is 5.09. The highest BCUT2D eigenvalue weighted by Crippen LogP contribution is 2.28. The van der Waals surface area contributed by atoms with E-state index in [0.29, 0.717) is 28.9 Å². The maximum absolute atomic E-state index is 13.2. The molecule has 3 aromatic rings. The molecule has 1 atom stereocenters. The zero-order valence-electron chi connectivity index (χ0n) is 14.3. The SMILES string of the molecule is Cc1cc(C(=O)N2CCCC(c3ccncn3)C2)c2c(C)noc2n1. The van der Waals surface area contributed by atoms with Crippen LogP contribution in [-0.4, -0.2) is 44.0 Å². The van der Waals surface area contributed by atoms with Gasteiger partial charge in [-0.3, -0.25) is 4.79 Å². The van der Waals surface area contributed by atoms with Crippen LogP contribution in [0.3, 0.4) is 0 Å². The first-order valence-electron chi connectivity index (χ1n) is 8.42. The minimum atomic E-state index is 0.000515. The van der Waals surface area contributed by atoms with Crippen molar-refractivity contribution in [3.05, 3.63) is 47.3 Å². The van der Waals surface area contributed by atoms with Gasteiger partial charge in [-0.25, -0.2) is 15.0 Å². The van der Waals surface area contributed by atoms with Crippen LogP contribution in [0.15, 0.2) is 29.2 Å². The van der Waals surface area contributed by atoms with E-state index in [1.807, 2.05) is 30.9 Å². The molecule has 4 rings (SSSR count). The van der Waals surface area contributed by atoms with Crippen molar-refractivity contribution in [2.24, 2.45) is 0 Å². The standard InChI is InChI=1S/C18H19N5O2/c1-11-8-14(16-12(2)22-25-17(16)21-11)18(24)23-7-3-4-13(9-23)15-5-6-19-10-20-15/h5-6,8,10,13H,3-4,7,9H2,1-2H3. The van der Waals surface area contributed by atoms with E-state index in [0.717, 1.165) is 30.8 Å². The number of rotatable bonds is 2. The number of nitrogens with zero attached hydrogens (tertiary/aromatic N) is 5. The fourth-order valence-corrected chi connectivity index (χ4v) is 3.50. The smallest absolute Gasteiger partial charge is 0.258 e. The van der Waals surface area contributed by atoms with E-state index in [-0.39, 0.29) is 11.8 Å². The molecule has 0 saturated carbocycles. The predicted octanol–water partition coefficient (Wildman–Crippen LogP) is 2.65. The molecule has 1 aliphatic heterocycles. The molecule has 0 N–H and O–H groups in total. The van der Waals surface area contributed by atoms with Crippen molar-refractivity contribution in [3.63, 3.8) is 0 Å². The predicted molar refractivity (Wildman–Crippen MR) is 91.2 cm³/mol. The summed E-state index contributed by atoms with van der Waals surface area (Å²) in [5.41, 5.74) is 3.46. The van der Waals surface area contributed by atoms with Crippen molar-refractivity contribution >= 4 is 17.0 Å². The lowest BCUT2D eigenvalue weighted by molar-refractivity contribution is 0.0707. The number of pyridine rings is 1. The van der Waals surface area contributed by atoms with Crippen LogP contribution >= 0.6 is 0 Å². The molecule has 1 unspecified atom stereocenters. The van der Waals surface area contributed by atoms with E-state index in [4.69, 9.17) is 4.52 Å². The van der Waals surface area contributed by atoms with Crippen molar-refractivity contribution in [3.8, 4) is 0 Å². The molecule has 0 aliphatic carbocycles. The van der Waals surface area contributed by atoms with Crippen LogP contribution in [0.1, 0.15) is 46.2 Å². The largest absolute Gasteiger partial charge is 0.338 e. The third-order valence-electron chi connectivity index (χ3n) is 4.71. The van der Waals surface area contributed by atoms with Crippen LogP contribution in [0.2, 0.25) is 0 Å². The average molecular weight is 337 g/mol. The Hall–Kier alpha value is -2.83. The number of hydrogen-bond donors (Lipinski definition) is 0. The summed E-state index contributed by atoms with van der Waals surface area (Å²) in [6, 6.07) is 3.75. The van der Waals surface area contributed by atoms with Crippen molar-refractivity contribution < 1.29 is 9.32 Å². The number of piperidine rings is 1. The zero-order chi connectivity index (χ0) is 17.4. The molecular weight excluding hydrogens is 318 g/mol. The van der Waals surface area contributed by atoms with Gasteiger partial charge >= 0.3 is 0 Å². The molecule has 7 heteroatoms. The highest BCUT2D eigenvalue weighted by Gasteiger charge is 2.28. The number of aromatic nitrogens is 4. The lowest BCUT2D eigenvalue weighted by atomic mass is 9.94. The van der Waals surface area contributed by atoms with Crippen LogP contribution < -0.4 is 0 Å². The van der Waals surface area contributed by atoms with Crippen molar-refractivity contribution in [1.82, 2.24) is 25.0 Å². The lowest BCUT2D eigenvalue weighted by Gasteiger charge is -2.32. The van der Waals surface area contributed by atoms with Crippen LogP contribution in [-0.2, 0) is 0 Å². The normalized spacial score (nSPS) is 17.8. The van der Waals surface area contributed by atoms with E-state index in [2.05, 4.69) is 20.1 Å². The highest BCUT2D eigenvalue weighted by molar-refractivity contribution is 6.06. The molecule has 128 valence electrons. The van der Waals surface area contributed by atoms with Gasteiger partial charge in [-0.05, 0) is 38.8 Å². The van der Waals surface area contributed by atoms with E-state index >= 15 is 0 Å². The first-order valence-corrected chi connectivity index (χ1v) is 8.42. The number of carbonyl (C=O) groups is 1.